The zero-order valence-corrected chi connectivity index (χ0v) is 13.8. The van der Waals surface area contributed by atoms with E-state index in [9.17, 15) is 18.0 Å². The second-order valence-electron chi connectivity index (χ2n) is 5.78. The Morgan fingerprint density at radius 2 is 2.15 bits per heavy atom. The number of carbonyl (C=O) groups is 1. The van der Waals surface area contributed by atoms with E-state index in [0.717, 1.165) is 12.1 Å². The van der Waals surface area contributed by atoms with Gasteiger partial charge in [-0.05, 0) is 18.6 Å². The lowest BCUT2D eigenvalue weighted by Gasteiger charge is -2.09. The van der Waals surface area contributed by atoms with E-state index in [1.54, 1.807) is 24.1 Å². The minimum Gasteiger partial charge on any atom is -0.481 e. The van der Waals surface area contributed by atoms with Crippen molar-refractivity contribution in [3.63, 3.8) is 0 Å². The molecule has 0 bridgehead atoms. The number of imidazole rings is 1. The van der Waals surface area contributed by atoms with Crippen LogP contribution in [0.4, 0.5) is 19.0 Å². The third-order valence-electron chi connectivity index (χ3n) is 3.79. The summed E-state index contributed by atoms with van der Waals surface area (Å²) in [6.07, 6.45) is 0.464. The summed E-state index contributed by atoms with van der Waals surface area (Å²) in [6, 6.07) is 1.95. The van der Waals surface area contributed by atoms with Gasteiger partial charge >= 0.3 is 12.1 Å². The number of nitrogens with one attached hydrogen (secondary N) is 1. The lowest BCUT2D eigenvalue weighted by Crippen LogP contribution is -2.08. The summed E-state index contributed by atoms with van der Waals surface area (Å²) >= 11 is 0. The average molecular weight is 367 g/mol. The van der Waals surface area contributed by atoms with Gasteiger partial charge in [0, 0.05) is 38.0 Å². The maximum absolute atomic E-state index is 13.0. The van der Waals surface area contributed by atoms with Crippen molar-refractivity contribution in [1.82, 2.24) is 19.2 Å². The molecular weight excluding hydrogens is 351 g/mol. The Labute approximate surface area is 146 Å². The Morgan fingerprint density at radius 1 is 1.38 bits per heavy atom. The molecule has 0 aliphatic carbocycles. The van der Waals surface area contributed by atoms with Crippen LogP contribution in [-0.2, 0) is 18.0 Å². The average Bonchev–Trinajstić information content (AvgIpc) is 3.13. The summed E-state index contributed by atoms with van der Waals surface area (Å²) < 4.78 is 41.9. The van der Waals surface area contributed by atoms with Crippen molar-refractivity contribution < 1.29 is 23.1 Å². The van der Waals surface area contributed by atoms with Crippen LogP contribution in [0.1, 0.15) is 18.4 Å². The fourth-order valence-corrected chi connectivity index (χ4v) is 2.58. The van der Waals surface area contributed by atoms with Gasteiger partial charge in [0.1, 0.15) is 17.2 Å². The number of pyridine rings is 1. The normalized spacial score (nSPS) is 11.8. The van der Waals surface area contributed by atoms with Gasteiger partial charge in [-0.15, -0.1) is 0 Å². The molecule has 0 fully saturated rings. The van der Waals surface area contributed by atoms with E-state index < -0.39 is 17.7 Å². The van der Waals surface area contributed by atoms with E-state index >= 15 is 0 Å². The predicted octanol–water partition coefficient (Wildman–Crippen LogP) is 3.03. The summed E-state index contributed by atoms with van der Waals surface area (Å²) in [5.41, 5.74) is 0.447. The molecule has 26 heavy (non-hydrogen) atoms. The molecular formula is C16H16F3N5O2. The molecule has 10 heteroatoms. The molecule has 3 heterocycles. The first-order valence-electron chi connectivity index (χ1n) is 7.79. The number of nitrogens with zero attached hydrogens (tertiary/aromatic N) is 4. The first kappa shape index (κ1) is 17.8. The molecule has 0 amide bonds. The number of aliphatic carboxylic acids is 1. The Kier molecular flexibility index (Phi) is 4.58. The van der Waals surface area contributed by atoms with Gasteiger partial charge in [0.2, 0.25) is 0 Å². The second-order valence-corrected chi connectivity index (χ2v) is 5.78. The molecule has 3 aromatic rings. The topological polar surface area (TPSA) is 84.5 Å². The number of aromatic nitrogens is 4. The number of carboxylic acid groups (broad SMARTS) is 1. The van der Waals surface area contributed by atoms with Gasteiger partial charge in [-0.25, -0.2) is 4.98 Å². The number of carboxylic acids is 1. The van der Waals surface area contributed by atoms with Crippen molar-refractivity contribution in [2.75, 3.05) is 11.9 Å². The van der Waals surface area contributed by atoms with Gasteiger partial charge in [0.25, 0.3) is 0 Å². The highest BCUT2D eigenvalue weighted by Gasteiger charge is 2.31. The van der Waals surface area contributed by atoms with E-state index in [-0.39, 0.29) is 12.1 Å². The van der Waals surface area contributed by atoms with Crippen LogP contribution >= 0.6 is 0 Å². The van der Waals surface area contributed by atoms with E-state index in [4.69, 9.17) is 5.11 Å². The predicted molar refractivity (Wildman–Crippen MR) is 87.8 cm³/mol. The van der Waals surface area contributed by atoms with Gasteiger partial charge in [-0.3, -0.25) is 13.9 Å². The standard InChI is InChI=1S/C16H16F3N5O2/c1-23-9-10(8-21-23)14-15(20-5-2-3-13(25)26)24-6-4-11(16(17,18)19)7-12(24)22-14/h4,6-9,20H,2-3,5H2,1H3,(H,25,26). The summed E-state index contributed by atoms with van der Waals surface area (Å²) in [5, 5.41) is 15.9. The first-order chi connectivity index (χ1) is 12.3. The van der Waals surface area contributed by atoms with Crippen molar-refractivity contribution in [2.24, 2.45) is 7.05 Å². The molecule has 0 radical (unpaired) electrons. The van der Waals surface area contributed by atoms with Crippen molar-refractivity contribution in [3.05, 3.63) is 36.3 Å². The maximum Gasteiger partial charge on any atom is 0.416 e. The molecule has 2 N–H and O–H groups in total. The zero-order chi connectivity index (χ0) is 18.9. The van der Waals surface area contributed by atoms with Crippen LogP contribution < -0.4 is 5.32 Å². The zero-order valence-electron chi connectivity index (χ0n) is 13.8. The Hall–Kier alpha value is -3.04. The number of rotatable bonds is 6. The smallest absolute Gasteiger partial charge is 0.416 e. The molecule has 3 aromatic heterocycles. The fourth-order valence-electron chi connectivity index (χ4n) is 2.58. The Bertz CT molecular complexity index is 945. The summed E-state index contributed by atoms with van der Waals surface area (Å²) in [5.74, 6) is -0.417. The fraction of sp³-hybridized carbons (Fsp3) is 0.312. The minimum absolute atomic E-state index is 0.00974. The maximum atomic E-state index is 13.0. The van der Waals surface area contributed by atoms with Crippen molar-refractivity contribution in [1.29, 1.82) is 0 Å². The summed E-state index contributed by atoms with van der Waals surface area (Å²) in [4.78, 5) is 14.9. The summed E-state index contributed by atoms with van der Waals surface area (Å²) in [6.45, 7) is 0.342. The number of alkyl halides is 3. The number of hydrogen-bond donors (Lipinski definition) is 2. The van der Waals surface area contributed by atoms with Crippen molar-refractivity contribution >= 4 is 17.4 Å². The molecule has 138 valence electrons. The SMILES string of the molecule is Cn1cc(-c2nc3cc(C(F)(F)F)ccn3c2NCCCC(=O)O)cn1. The Morgan fingerprint density at radius 3 is 2.77 bits per heavy atom. The quantitative estimate of drug-likeness (QED) is 0.654. The van der Waals surface area contributed by atoms with E-state index in [1.807, 2.05) is 0 Å². The third-order valence-corrected chi connectivity index (χ3v) is 3.79. The van der Waals surface area contributed by atoms with Crippen molar-refractivity contribution in [3.8, 4) is 11.3 Å². The van der Waals surface area contributed by atoms with Crippen LogP contribution in [0.15, 0.2) is 30.7 Å². The third kappa shape index (κ3) is 3.63. The second kappa shape index (κ2) is 6.70. The molecule has 0 saturated heterocycles. The molecule has 0 aromatic carbocycles. The van der Waals surface area contributed by atoms with Gasteiger partial charge in [-0.1, -0.05) is 0 Å². The lowest BCUT2D eigenvalue weighted by molar-refractivity contribution is -0.138. The van der Waals surface area contributed by atoms with Gasteiger partial charge in [0.05, 0.1) is 11.8 Å². The number of fused-ring (bicyclic) bond motifs is 1. The number of aryl methyl sites for hydroxylation is 1. The van der Waals surface area contributed by atoms with Crippen molar-refractivity contribution in [2.45, 2.75) is 19.0 Å². The van der Waals surface area contributed by atoms with E-state index in [1.165, 1.54) is 10.6 Å². The largest absolute Gasteiger partial charge is 0.481 e. The van der Waals surface area contributed by atoms with E-state index in [2.05, 4.69) is 15.4 Å². The molecule has 3 rings (SSSR count). The molecule has 0 atom stereocenters. The van der Waals surface area contributed by atoms with Gasteiger partial charge in [-0.2, -0.15) is 18.3 Å². The van der Waals surface area contributed by atoms with Gasteiger partial charge < -0.3 is 10.4 Å². The highest BCUT2D eigenvalue weighted by Crippen LogP contribution is 2.33. The molecule has 7 nitrogen and oxygen atoms in total. The molecule has 0 saturated carbocycles. The first-order valence-corrected chi connectivity index (χ1v) is 7.79. The summed E-state index contributed by atoms with van der Waals surface area (Å²) in [7, 11) is 1.72. The van der Waals surface area contributed by atoms with Crippen LogP contribution in [0.2, 0.25) is 0 Å². The van der Waals surface area contributed by atoms with E-state index in [0.29, 0.717) is 30.0 Å². The van der Waals surface area contributed by atoms with Crippen LogP contribution in [0, 0.1) is 0 Å². The monoisotopic (exact) mass is 367 g/mol. The van der Waals surface area contributed by atoms with Crippen LogP contribution in [-0.4, -0.2) is 36.8 Å². The highest BCUT2D eigenvalue weighted by atomic mass is 19.4. The van der Waals surface area contributed by atoms with Crippen LogP contribution in [0.3, 0.4) is 0 Å². The number of anilines is 1. The molecule has 0 unspecified atom stereocenters. The van der Waals surface area contributed by atoms with Crippen LogP contribution in [0.5, 0.6) is 0 Å². The highest BCUT2D eigenvalue weighted by molar-refractivity contribution is 5.76. The number of halogens is 3. The molecule has 0 aliphatic heterocycles. The number of hydrogen-bond acceptors (Lipinski definition) is 4. The lowest BCUT2D eigenvalue weighted by atomic mass is 10.2. The molecule has 0 aliphatic rings. The van der Waals surface area contributed by atoms with Gasteiger partial charge in [0.15, 0.2) is 0 Å². The minimum atomic E-state index is -4.46. The Balaban J connectivity index is 2.01. The molecule has 0 spiro atoms. The van der Waals surface area contributed by atoms with Crippen LogP contribution in [0.25, 0.3) is 16.9 Å².